The van der Waals surface area contributed by atoms with Crippen molar-refractivity contribution in [2.24, 2.45) is 0 Å². The van der Waals surface area contributed by atoms with E-state index in [1.807, 2.05) is 0 Å². The molecule has 0 amide bonds. The van der Waals surface area contributed by atoms with Gasteiger partial charge < -0.3 is 9.72 Å². The molecule has 2 aromatic carbocycles. The highest BCUT2D eigenvalue weighted by atomic mass is 35.5. The number of imidazole rings is 1. The lowest BCUT2D eigenvalue weighted by Gasteiger charge is -2.26. The summed E-state index contributed by atoms with van der Waals surface area (Å²) in [4.78, 5) is 5.01. The Bertz CT molecular complexity index is 1030. The number of fused-ring (bicyclic) bond motifs is 1. The molecule has 0 bridgehead atoms. The summed E-state index contributed by atoms with van der Waals surface area (Å²) in [6, 6.07) is 7.98. The zero-order valence-electron chi connectivity index (χ0n) is 13.2. The van der Waals surface area contributed by atoms with Crippen LogP contribution in [0.15, 0.2) is 36.4 Å². The molecule has 1 heterocycles. The highest BCUT2D eigenvalue weighted by Crippen LogP contribution is 2.51. The molecule has 0 spiro atoms. The predicted molar refractivity (Wildman–Crippen MR) is 87.5 cm³/mol. The molecule has 3 aromatic rings. The van der Waals surface area contributed by atoms with Crippen LogP contribution < -0.4 is 4.74 Å². The van der Waals surface area contributed by atoms with E-state index in [1.54, 1.807) is 4.98 Å². The zero-order chi connectivity index (χ0) is 20.9. The average molecular weight is 447 g/mol. The molecule has 0 radical (unpaired) electrons. The van der Waals surface area contributed by atoms with Crippen molar-refractivity contribution in [3.8, 4) is 11.5 Å². The van der Waals surface area contributed by atoms with Crippen molar-refractivity contribution in [2.45, 2.75) is 18.0 Å². The van der Waals surface area contributed by atoms with Crippen LogP contribution in [0.3, 0.4) is 0 Å². The molecule has 150 valence electrons. The highest BCUT2D eigenvalue weighted by Gasteiger charge is 2.74. The van der Waals surface area contributed by atoms with Crippen LogP contribution in [-0.2, 0) is 5.92 Å². The van der Waals surface area contributed by atoms with Crippen molar-refractivity contribution in [1.29, 1.82) is 0 Å². The predicted octanol–water partition coefficient (Wildman–Crippen LogP) is 6.95. The fourth-order valence-electron chi connectivity index (χ4n) is 2.24. The third-order valence-corrected chi connectivity index (χ3v) is 4.46. The summed E-state index contributed by atoms with van der Waals surface area (Å²) in [5.74, 6) is -14.1. The summed E-state index contributed by atoms with van der Waals surface area (Å²) in [6.45, 7) is 0. The number of para-hydroxylation sites is 1. The van der Waals surface area contributed by atoms with Crippen molar-refractivity contribution in [3.63, 3.8) is 0 Å². The Morgan fingerprint density at radius 3 is 2.11 bits per heavy atom. The first-order valence-corrected chi connectivity index (χ1v) is 8.05. The maximum Gasteiger partial charge on any atom is 0.460 e. The fourth-order valence-corrected chi connectivity index (χ4v) is 2.58. The molecule has 0 atom stereocenters. The monoisotopic (exact) mass is 446 g/mol. The van der Waals surface area contributed by atoms with Crippen molar-refractivity contribution in [1.82, 2.24) is 9.97 Å². The molecular weight excluding hydrogens is 440 g/mol. The van der Waals surface area contributed by atoms with Gasteiger partial charge in [0.25, 0.3) is 0 Å². The standard InChI is InChI=1S/C16H7Cl2F7N2O/c17-7-3-1-5-9(11(7)18)28-10-6-2-4-8-12(10)27-13(26-8)14(19,20)15(21,22)16(23,24)25/h1-6H,(H,26,27). The van der Waals surface area contributed by atoms with E-state index in [0.29, 0.717) is 0 Å². The van der Waals surface area contributed by atoms with E-state index < -0.39 is 29.4 Å². The van der Waals surface area contributed by atoms with E-state index in [0.717, 1.165) is 6.07 Å². The number of halogens is 9. The van der Waals surface area contributed by atoms with Gasteiger partial charge in [-0.1, -0.05) is 35.3 Å². The summed E-state index contributed by atoms with van der Waals surface area (Å²) >= 11 is 11.8. The smallest absolute Gasteiger partial charge is 0.453 e. The van der Waals surface area contributed by atoms with Crippen LogP contribution in [0.1, 0.15) is 5.82 Å². The van der Waals surface area contributed by atoms with E-state index in [2.05, 4.69) is 4.98 Å². The second-order valence-electron chi connectivity index (χ2n) is 5.54. The molecule has 0 aliphatic heterocycles. The number of rotatable bonds is 4. The minimum atomic E-state index is -6.48. The molecule has 1 N–H and O–H groups in total. The zero-order valence-corrected chi connectivity index (χ0v) is 14.7. The van der Waals surface area contributed by atoms with Gasteiger partial charge >= 0.3 is 18.0 Å². The molecule has 3 rings (SSSR count). The van der Waals surface area contributed by atoms with Gasteiger partial charge in [0.2, 0.25) is 0 Å². The number of aromatic nitrogens is 2. The number of nitrogens with zero attached hydrogens (tertiary/aromatic N) is 1. The van der Waals surface area contributed by atoms with Gasteiger partial charge in [0, 0.05) is 0 Å². The van der Waals surface area contributed by atoms with Crippen molar-refractivity contribution in [3.05, 3.63) is 52.3 Å². The molecule has 0 aliphatic rings. The number of aromatic amines is 1. The van der Waals surface area contributed by atoms with Crippen molar-refractivity contribution in [2.75, 3.05) is 0 Å². The van der Waals surface area contributed by atoms with Gasteiger partial charge in [-0.15, -0.1) is 0 Å². The van der Waals surface area contributed by atoms with Gasteiger partial charge in [0.1, 0.15) is 16.3 Å². The van der Waals surface area contributed by atoms with Gasteiger partial charge in [-0.05, 0) is 24.3 Å². The van der Waals surface area contributed by atoms with Crippen LogP contribution in [0, 0.1) is 0 Å². The number of alkyl halides is 7. The maximum absolute atomic E-state index is 13.9. The Hall–Kier alpha value is -2.20. The maximum atomic E-state index is 13.9. The number of H-pyrrole nitrogens is 1. The minimum Gasteiger partial charge on any atom is -0.453 e. The second kappa shape index (κ2) is 6.70. The molecule has 3 nitrogen and oxygen atoms in total. The highest BCUT2D eigenvalue weighted by molar-refractivity contribution is 6.42. The summed E-state index contributed by atoms with van der Waals surface area (Å²) in [5, 5.41) is 0.0938. The first-order valence-electron chi connectivity index (χ1n) is 7.29. The number of hydrogen-bond acceptors (Lipinski definition) is 2. The Morgan fingerprint density at radius 1 is 0.857 bits per heavy atom. The van der Waals surface area contributed by atoms with Gasteiger partial charge in [-0.25, -0.2) is 4.98 Å². The van der Waals surface area contributed by atoms with Gasteiger partial charge in [0.15, 0.2) is 11.6 Å². The Morgan fingerprint density at radius 2 is 1.46 bits per heavy atom. The van der Waals surface area contributed by atoms with Gasteiger partial charge in [-0.2, -0.15) is 30.7 Å². The topological polar surface area (TPSA) is 37.9 Å². The normalized spacial score (nSPS) is 13.2. The van der Waals surface area contributed by atoms with Gasteiger partial charge in [0.05, 0.1) is 10.5 Å². The van der Waals surface area contributed by atoms with E-state index in [9.17, 15) is 30.7 Å². The van der Waals surface area contributed by atoms with E-state index in [1.165, 1.54) is 30.3 Å². The van der Waals surface area contributed by atoms with Crippen molar-refractivity contribution >= 4 is 34.2 Å². The Balaban J connectivity index is 2.08. The second-order valence-corrected chi connectivity index (χ2v) is 6.32. The average Bonchev–Trinajstić information content (AvgIpc) is 3.04. The van der Waals surface area contributed by atoms with Crippen LogP contribution in [0.2, 0.25) is 10.0 Å². The lowest BCUT2D eigenvalue weighted by atomic mass is 10.1. The Labute approximate surface area is 162 Å². The number of nitrogens with one attached hydrogen (secondary N) is 1. The molecule has 0 unspecified atom stereocenters. The number of hydrogen-bond donors (Lipinski definition) is 1. The molecule has 0 fully saturated rings. The van der Waals surface area contributed by atoms with E-state index >= 15 is 0 Å². The van der Waals surface area contributed by atoms with Crippen LogP contribution in [-0.4, -0.2) is 22.1 Å². The lowest BCUT2D eigenvalue weighted by molar-refractivity contribution is -0.361. The number of ether oxygens (including phenoxy) is 1. The Kier molecular flexibility index (Phi) is 4.91. The summed E-state index contributed by atoms with van der Waals surface area (Å²) in [7, 11) is 0. The van der Waals surface area contributed by atoms with Crippen LogP contribution in [0.25, 0.3) is 11.0 Å². The molecule has 12 heteroatoms. The minimum absolute atomic E-state index is 0.00130. The molecule has 0 saturated carbocycles. The summed E-state index contributed by atoms with van der Waals surface area (Å²) in [6.07, 6.45) is -6.48. The first kappa shape index (κ1) is 20.5. The summed E-state index contributed by atoms with van der Waals surface area (Å²) in [5.41, 5.74) is -0.644. The third kappa shape index (κ3) is 3.24. The lowest BCUT2D eigenvalue weighted by Crippen LogP contribution is -2.50. The number of benzene rings is 2. The molecule has 0 aliphatic carbocycles. The molecule has 0 saturated heterocycles. The molecular formula is C16H7Cl2F7N2O. The van der Waals surface area contributed by atoms with E-state index in [-0.39, 0.29) is 27.1 Å². The molecule has 1 aromatic heterocycles. The third-order valence-electron chi connectivity index (χ3n) is 3.66. The first-order chi connectivity index (χ1) is 12.9. The molecule has 28 heavy (non-hydrogen) atoms. The van der Waals surface area contributed by atoms with Crippen LogP contribution in [0.5, 0.6) is 11.5 Å². The van der Waals surface area contributed by atoms with Gasteiger partial charge in [-0.3, -0.25) is 0 Å². The van der Waals surface area contributed by atoms with Crippen LogP contribution >= 0.6 is 23.2 Å². The van der Waals surface area contributed by atoms with Crippen LogP contribution in [0.4, 0.5) is 30.7 Å². The van der Waals surface area contributed by atoms with Crippen molar-refractivity contribution < 1.29 is 35.5 Å². The fraction of sp³-hybridized carbons (Fsp3) is 0.188. The largest absolute Gasteiger partial charge is 0.460 e. The SMILES string of the molecule is FC(F)(F)C(F)(F)C(F)(F)c1nc2c(Oc3cccc(Cl)c3Cl)cccc2[nH]1. The summed E-state index contributed by atoms with van der Waals surface area (Å²) < 4.78 is 97.0. The quantitative estimate of drug-likeness (QED) is 0.440. The van der Waals surface area contributed by atoms with E-state index in [4.69, 9.17) is 27.9 Å².